The standard InChI is InChI=1S/C12H11BrFNO3/c13-8-5-7(3-4-9(8)14)11(16)15-10(12(17)18)6-1-2-6/h3-6,10H,1-2H2,(H,15,16)(H,17,18). The second-order valence-corrected chi connectivity index (χ2v) is 5.11. The minimum atomic E-state index is -1.04. The van der Waals surface area contributed by atoms with Gasteiger partial charge >= 0.3 is 5.97 Å². The van der Waals surface area contributed by atoms with Crippen LogP contribution in [0, 0.1) is 11.7 Å². The molecular formula is C12H11BrFNO3. The Labute approximate surface area is 111 Å². The molecule has 1 aliphatic carbocycles. The minimum absolute atomic E-state index is 0.00957. The van der Waals surface area contributed by atoms with Gasteiger partial charge in [0.15, 0.2) is 0 Å². The van der Waals surface area contributed by atoms with E-state index < -0.39 is 23.7 Å². The van der Waals surface area contributed by atoms with Crippen LogP contribution in [0.5, 0.6) is 0 Å². The summed E-state index contributed by atoms with van der Waals surface area (Å²) in [5.74, 6) is -2.00. The fraction of sp³-hybridized carbons (Fsp3) is 0.333. The van der Waals surface area contributed by atoms with Crippen LogP contribution < -0.4 is 5.32 Å². The molecule has 1 unspecified atom stereocenters. The highest BCUT2D eigenvalue weighted by Gasteiger charge is 2.37. The van der Waals surface area contributed by atoms with Crippen LogP contribution in [0.2, 0.25) is 0 Å². The second-order valence-electron chi connectivity index (χ2n) is 4.26. The van der Waals surface area contributed by atoms with E-state index in [4.69, 9.17) is 5.11 Å². The Balaban J connectivity index is 2.10. The van der Waals surface area contributed by atoms with Crippen LogP contribution in [0.3, 0.4) is 0 Å². The molecule has 0 radical (unpaired) electrons. The molecule has 0 bridgehead atoms. The van der Waals surface area contributed by atoms with Crippen LogP contribution in [0.25, 0.3) is 0 Å². The number of carbonyl (C=O) groups is 2. The number of carboxylic acid groups (broad SMARTS) is 1. The summed E-state index contributed by atoms with van der Waals surface area (Å²) in [6.45, 7) is 0. The lowest BCUT2D eigenvalue weighted by atomic mass is 10.1. The Hall–Kier alpha value is -1.43. The van der Waals surface area contributed by atoms with E-state index in [0.717, 1.165) is 18.9 Å². The molecule has 96 valence electrons. The maximum Gasteiger partial charge on any atom is 0.326 e. The van der Waals surface area contributed by atoms with Crippen molar-refractivity contribution < 1.29 is 19.1 Å². The highest BCUT2D eigenvalue weighted by Crippen LogP contribution is 2.32. The van der Waals surface area contributed by atoms with E-state index in [-0.39, 0.29) is 16.0 Å². The molecule has 1 aliphatic rings. The molecule has 0 spiro atoms. The van der Waals surface area contributed by atoms with Gasteiger partial charge < -0.3 is 10.4 Å². The zero-order chi connectivity index (χ0) is 13.3. The molecule has 2 rings (SSSR count). The fourth-order valence-corrected chi connectivity index (χ4v) is 2.05. The van der Waals surface area contributed by atoms with E-state index in [9.17, 15) is 14.0 Å². The number of rotatable bonds is 4. The molecule has 1 atom stereocenters. The summed E-state index contributed by atoms with van der Waals surface area (Å²) in [5.41, 5.74) is 0.232. The number of halogens is 2. The minimum Gasteiger partial charge on any atom is -0.480 e. The summed E-state index contributed by atoms with van der Waals surface area (Å²) in [6.07, 6.45) is 1.62. The molecule has 18 heavy (non-hydrogen) atoms. The first-order valence-electron chi connectivity index (χ1n) is 5.48. The molecule has 0 saturated heterocycles. The normalized spacial score (nSPS) is 16.1. The Morgan fingerprint density at radius 1 is 1.44 bits per heavy atom. The van der Waals surface area contributed by atoms with Gasteiger partial charge in [-0.1, -0.05) is 0 Å². The van der Waals surface area contributed by atoms with Crippen molar-refractivity contribution in [3.63, 3.8) is 0 Å². The lowest BCUT2D eigenvalue weighted by Crippen LogP contribution is -2.42. The lowest BCUT2D eigenvalue weighted by Gasteiger charge is -2.13. The summed E-state index contributed by atoms with van der Waals surface area (Å²) in [5, 5.41) is 11.5. The number of benzene rings is 1. The average Bonchev–Trinajstić information content (AvgIpc) is 3.13. The van der Waals surface area contributed by atoms with Crippen LogP contribution in [-0.2, 0) is 4.79 Å². The summed E-state index contributed by atoms with van der Waals surface area (Å²) >= 11 is 2.98. The highest BCUT2D eigenvalue weighted by atomic mass is 79.9. The number of nitrogens with one attached hydrogen (secondary N) is 1. The monoisotopic (exact) mass is 315 g/mol. The van der Waals surface area contributed by atoms with E-state index in [1.54, 1.807) is 0 Å². The summed E-state index contributed by atoms with van der Waals surface area (Å²) in [6, 6.07) is 2.95. The molecule has 2 N–H and O–H groups in total. The predicted octanol–water partition coefficient (Wildman–Crippen LogP) is 2.18. The van der Waals surface area contributed by atoms with Crippen molar-refractivity contribution in [1.29, 1.82) is 0 Å². The first-order chi connectivity index (χ1) is 8.49. The largest absolute Gasteiger partial charge is 0.480 e. The first-order valence-corrected chi connectivity index (χ1v) is 6.27. The van der Waals surface area contributed by atoms with E-state index in [1.807, 2.05) is 0 Å². The van der Waals surface area contributed by atoms with E-state index in [0.29, 0.717) is 0 Å². The number of hydrogen-bond donors (Lipinski definition) is 2. The summed E-state index contributed by atoms with van der Waals surface area (Å²) in [4.78, 5) is 22.8. The number of amides is 1. The second kappa shape index (κ2) is 5.06. The quantitative estimate of drug-likeness (QED) is 0.895. The SMILES string of the molecule is O=C(NC(C(=O)O)C1CC1)c1ccc(F)c(Br)c1. The van der Waals surface area contributed by atoms with Gasteiger partial charge in [-0.3, -0.25) is 4.79 Å². The molecular weight excluding hydrogens is 305 g/mol. The van der Waals surface area contributed by atoms with E-state index >= 15 is 0 Å². The molecule has 4 nitrogen and oxygen atoms in total. The molecule has 1 saturated carbocycles. The lowest BCUT2D eigenvalue weighted by molar-refractivity contribution is -0.139. The average molecular weight is 316 g/mol. The predicted molar refractivity (Wildman–Crippen MR) is 65.7 cm³/mol. The number of hydrogen-bond acceptors (Lipinski definition) is 2. The Bertz CT molecular complexity index is 502. The fourth-order valence-electron chi connectivity index (χ4n) is 1.67. The van der Waals surface area contributed by atoms with Crippen LogP contribution >= 0.6 is 15.9 Å². The number of carbonyl (C=O) groups excluding carboxylic acids is 1. The third kappa shape index (κ3) is 2.87. The topological polar surface area (TPSA) is 66.4 Å². The zero-order valence-electron chi connectivity index (χ0n) is 9.32. The Morgan fingerprint density at radius 2 is 2.11 bits per heavy atom. The van der Waals surface area contributed by atoms with Crippen molar-refractivity contribution in [3.05, 3.63) is 34.1 Å². The van der Waals surface area contributed by atoms with E-state index in [1.165, 1.54) is 12.1 Å². The van der Waals surface area contributed by atoms with Crippen molar-refractivity contribution in [2.75, 3.05) is 0 Å². The smallest absolute Gasteiger partial charge is 0.326 e. The first kappa shape index (κ1) is 13.0. The van der Waals surface area contributed by atoms with Gasteiger partial charge in [-0.25, -0.2) is 9.18 Å². The van der Waals surface area contributed by atoms with Crippen molar-refractivity contribution >= 4 is 27.8 Å². The molecule has 1 aromatic rings. The molecule has 6 heteroatoms. The van der Waals surface area contributed by atoms with Crippen molar-refractivity contribution in [2.24, 2.45) is 5.92 Å². The van der Waals surface area contributed by atoms with Gasteiger partial charge in [0.05, 0.1) is 4.47 Å². The van der Waals surface area contributed by atoms with Crippen molar-refractivity contribution in [2.45, 2.75) is 18.9 Å². The molecule has 1 aromatic carbocycles. The van der Waals surface area contributed by atoms with Gasteiger partial charge in [0.2, 0.25) is 0 Å². The van der Waals surface area contributed by atoms with Crippen molar-refractivity contribution in [3.8, 4) is 0 Å². The molecule has 1 fully saturated rings. The molecule has 0 aromatic heterocycles. The van der Waals surface area contributed by atoms with E-state index in [2.05, 4.69) is 21.2 Å². The van der Waals surface area contributed by atoms with Gasteiger partial charge in [0.1, 0.15) is 11.9 Å². The van der Waals surface area contributed by atoms with Gasteiger partial charge in [-0.15, -0.1) is 0 Å². The maximum absolute atomic E-state index is 13.0. The third-order valence-electron chi connectivity index (χ3n) is 2.83. The van der Waals surface area contributed by atoms with Crippen molar-refractivity contribution in [1.82, 2.24) is 5.32 Å². The van der Waals surface area contributed by atoms with Gasteiger partial charge in [-0.05, 0) is 52.9 Å². The van der Waals surface area contributed by atoms with Crippen LogP contribution in [0.1, 0.15) is 23.2 Å². The third-order valence-corrected chi connectivity index (χ3v) is 3.44. The van der Waals surface area contributed by atoms with Gasteiger partial charge in [0.25, 0.3) is 5.91 Å². The molecule has 1 amide bonds. The number of carboxylic acids is 1. The Kier molecular flexibility index (Phi) is 3.65. The molecule has 0 aliphatic heterocycles. The summed E-state index contributed by atoms with van der Waals surface area (Å²) < 4.78 is 13.2. The zero-order valence-corrected chi connectivity index (χ0v) is 10.9. The Morgan fingerprint density at radius 3 is 2.61 bits per heavy atom. The van der Waals surface area contributed by atoms with Crippen LogP contribution in [-0.4, -0.2) is 23.0 Å². The van der Waals surface area contributed by atoms with Gasteiger partial charge in [-0.2, -0.15) is 0 Å². The maximum atomic E-state index is 13.0. The molecule has 0 heterocycles. The van der Waals surface area contributed by atoms with Crippen LogP contribution in [0.4, 0.5) is 4.39 Å². The number of aliphatic carboxylic acids is 1. The van der Waals surface area contributed by atoms with Gasteiger partial charge in [0, 0.05) is 5.56 Å². The van der Waals surface area contributed by atoms with Crippen LogP contribution in [0.15, 0.2) is 22.7 Å². The summed E-state index contributed by atoms with van der Waals surface area (Å²) in [7, 11) is 0. The highest BCUT2D eigenvalue weighted by molar-refractivity contribution is 9.10.